The Morgan fingerprint density at radius 3 is 2.75 bits per heavy atom. The van der Waals surface area contributed by atoms with Gasteiger partial charge in [-0.1, -0.05) is 50.1 Å². The molecule has 1 aliphatic rings. The van der Waals surface area contributed by atoms with Gasteiger partial charge in [0.05, 0.1) is 12.3 Å². The number of hydrogen-bond donors (Lipinski definition) is 1. The summed E-state index contributed by atoms with van der Waals surface area (Å²) >= 11 is 0. The molecule has 3 aromatic rings. The predicted octanol–water partition coefficient (Wildman–Crippen LogP) is 5.36. The van der Waals surface area contributed by atoms with Crippen LogP contribution in [0.15, 0.2) is 65.1 Å². The molecule has 4 rings (SSSR count). The van der Waals surface area contributed by atoms with Crippen LogP contribution < -0.4 is 4.74 Å². The molecule has 0 aliphatic carbocycles. The molecule has 0 bridgehead atoms. The molecule has 7 nitrogen and oxygen atoms in total. The van der Waals surface area contributed by atoms with Gasteiger partial charge >= 0.3 is 5.97 Å². The Bertz CT molecular complexity index is 1230. The van der Waals surface area contributed by atoms with Gasteiger partial charge in [-0.15, -0.1) is 0 Å². The zero-order chi connectivity index (χ0) is 25.5. The van der Waals surface area contributed by atoms with Gasteiger partial charge in [0.25, 0.3) is 0 Å². The first-order valence-corrected chi connectivity index (χ1v) is 12.4. The molecule has 36 heavy (non-hydrogen) atoms. The van der Waals surface area contributed by atoms with E-state index in [0.29, 0.717) is 24.7 Å². The highest BCUT2D eigenvalue weighted by molar-refractivity contribution is 5.91. The number of benzene rings is 2. The fourth-order valence-electron chi connectivity index (χ4n) is 4.33. The number of amides is 1. The van der Waals surface area contributed by atoms with Gasteiger partial charge in [0, 0.05) is 24.9 Å². The number of carboxylic acids is 1. The molecule has 0 saturated heterocycles. The van der Waals surface area contributed by atoms with Crippen molar-refractivity contribution >= 4 is 11.9 Å². The lowest BCUT2D eigenvalue weighted by Gasteiger charge is -2.34. The van der Waals surface area contributed by atoms with Crippen LogP contribution in [0.25, 0.3) is 11.5 Å². The number of rotatable bonds is 10. The number of aliphatic carboxylic acids is 1. The summed E-state index contributed by atoms with van der Waals surface area (Å²) in [6.07, 6.45) is 7.04. The van der Waals surface area contributed by atoms with E-state index in [1.54, 1.807) is 0 Å². The van der Waals surface area contributed by atoms with E-state index in [1.807, 2.05) is 61.5 Å². The number of carbonyl (C=O) groups is 2. The molecule has 0 radical (unpaired) electrons. The van der Waals surface area contributed by atoms with E-state index >= 15 is 0 Å². The average molecular weight is 489 g/mol. The first-order chi connectivity index (χ1) is 17.5. The van der Waals surface area contributed by atoms with Gasteiger partial charge in [0.2, 0.25) is 11.8 Å². The lowest BCUT2D eigenvalue weighted by atomic mass is 9.93. The molecule has 1 amide bonds. The Morgan fingerprint density at radius 2 is 2.00 bits per heavy atom. The van der Waals surface area contributed by atoms with Crippen LogP contribution in [0.2, 0.25) is 0 Å². The van der Waals surface area contributed by atoms with E-state index in [0.717, 1.165) is 47.4 Å². The van der Waals surface area contributed by atoms with Crippen LogP contribution in [-0.2, 0) is 29.0 Å². The normalized spacial score (nSPS) is 15.2. The zero-order valence-corrected chi connectivity index (χ0v) is 20.8. The van der Waals surface area contributed by atoms with Crippen molar-refractivity contribution in [1.29, 1.82) is 0 Å². The van der Waals surface area contributed by atoms with Crippen molar-refractivity contribution in [2.24, 2.45) is 0 Å². The molecule has 1 atom stereocenters. The highest BCUT2D eigenvalue weighted by Gasteiger charge is 2.33. The van der Waals surface area contributed by atoms with Gasteiger partial charge in [0.15, 0.2) is 0 Å². The highest BCUT2D eigenvalue weighted by atomic mass is 16.5. The molecule has 2 aromatic carbocycles. The van der Waals surface area contributed by atoms with Crippen molar-refractivity contribution in [3.8, 4) is 17.2 Å². The van der Waals surface area contributed by atoms with Crippen LogP contribution >= 0.6 is 0 Å². The average Bonchev–Trinajstić information content (AvgIpc) is 3.26. The Balaban J connectivity index is 1.41. The predicted molar refractivity (Wildman–Crippen MR) is 137 cm³/mol. The molecule has 1 N–H and O–H groups in total. The largest absolute Gasteiger partial charge is 0.493 e. The maximum absolute atomic E-state index is 12.8. The first kappa shape index (κ1) is 25.2. The summed E-state index contributed by atoms with van der Waals surface area (Å²) in [6, 6.07) is 14.5. The van der Waals surface area contributed by atoms with E-state index in [4.69, 9.17) is 9.15 Å². The number of aryl methyl sites for hydroxylation is 1. The molecule has 2 heterocycles. The number of carbonyl (C=O) groups excluding carboxylic acids is 1. The van der Waals surface area contributed by atoms with Crippen molar-refractivity contribution in [3.05, 3.63) is 83.3 Å². The Kier molecular flexibility index (Phi) is 8.21. The molecule has 0 saturated carbocycles. The third kappa shape index (κ3) is 6.03. The third-order valence-corrected chi connectivity index (χ3v) is 6.38. The zero-order valence-electron chi connectivity index (χ0n) is 20.8. The summed E-state index contributed by atoms with van der Waals surface area (Å²) < 4.78 is 11.8. The fourth-order valence-corrected chi connectivity index (χ4v) is 4.33. The van der Waals surface area contributed by atoms with Crippen LogP contribution in [0.3, 0.4) is 0 Å². The van der Waals surface area contributed by atoms with Crippen LogP contribution in [-0.4, -0.2) is 39.5 Å². The number of unbranched alkanes of at least 4 members (excludes halogenated alkanes) is 2. The van der Waals surface area contributed by atoms with Crippen LogP contribution in [0, 0.1) is 6.92 Å². The lowest BCUT2D eigenvalue weighted by Crippen LogP contribution is -2.48. The standard InChI is InChI=1S/C29H32N2O5/c1-3-4-5-9-12-27(32)31-19-23-17-24(14-13-22(23)18-26(31)29(33)34)35-16-15-25-20(2)36-28(30-25)21-10-7-6-8-11-21/h6-14,17,26H,3-5,15-16,18-19H2,1-2H3,(H,33,34)/b12-9+/t26-/m0/s1. The molecule has 1 aromatic heterocycles. The van der Waals surface area contributed by atoms with Crippen molar-refractivity contribution in [2.75, 3.05) is 6.61 Å². The molecule has 0 fully saturated rings. The number of carboxylic acid groups (broad SMARTS) is 1. The quantitative estimate of drug-likeness (QED) is 0.305. The first-order valence-electron chi connectivity index (χ1n) is 12.4. The molecule has 0 spiro atoms. The van der Waals surface area contributed by atoms with Gasteiger partial charge in [-0.3, -0.25) is 4.79 Å². The molecule has 1 aliphatic heterocycles. The Hall–Kier alpha value is -3.87. The molecule has 7 heteroatoms. The van der Waals surface area contributed by atoms with Crippen LogP contribution in [0.1, 0.15) is 48.8 Å². The van der Waals surface area contributed by atoms with Gasteiger partial charge in [-0.25, -0.2) is 9.78 Å². The SMILES string of the molecule is CCCC/C=C/C(=O)N1Cc2cc(OCCc3nc(-c4ccccc4)oc3C)ccc2C[C@H]1C(=O)O. The van der Waals surface area contributed by atoms with Gasteiger partial charge in [-0.05, 0) is 54.8 Å². The molecular formula is C29H32N2O5. The molecular weight excluding hydrogens is 456 g/mol. The van der Waals surface area contributed by atoms with E-state index in [-0.39, 0.29) is 18.9 Å². The third-order valence-electron chi connectivity index (χ3n) is 6.38. The minimum Gasteiger partial charge on any atom is -0.493 e. The van der Waals surface area contributed by atoms with E-state index < -0.39 is 12.0 Å². The van der Waals surface area contributed by atoms with Crippen LogP contribution in [0.4, 0.5) is 0 Å². The summed E-state index contributed by atoms with van der Waals surface area (Å²) in [5.74, 6) is 0.778. The summed E-state index contributed by atoms with van der Waals surface area (Å²) in [4.78, 5) is 30.7. The number of aromatic nitrogens is 1. The second-order valence-corrected chi connectivity index (χ2v) is 8.99. The maximum atomic E-state index is 12.8. The summed E-state index contributed by atoms with van der Waals surface area (Å²) in [5.41, 5.74) is 3.61. The van der Waals surface area contributed by atoms with Gasteiger partial charge < -0.3 is 19.2 Å². The summed E-state index contributed by atoms with van der Waals surface area (Å²) in [6.45, 7) is 4.64. The van der Waals surface area contributed by atoms with Gasteiger partial charge in [-0.2, -0.15) is 0 Å². The topological polar surface area (TPSA) is 92.9 Å². The fraction of sp³-hybridized carbons (Fsp3) is 0.345. The number of nitrogens with zero attached hydrogens (tertiary/aromatic N) is 2. The van der Waals surface area contributed by atoms with Crippen molar-refractivity contribution in [1.82, 2.24) is 9.88 Å². The summed E-state index contributed by atoms with van der Waals surface area (Å²) in [7, 11) is 0. The Labute approximate surface area is 211 Å². The van der Waals surface area contributed by atoms with Crippen LogP contribution in [0.5, 0.6) is 5.75 Å². The number of hydrogen-bond acceptors (Lipinski definition) is 5. The van der Waals surface area contributed by atoms with E-state index in [1.165, 1.54) is 11.0 Å². The van der Waals surface area contributed by atoms with E-state index in [9.17, 15) is 14.7 Å². The highest BCUT2D eigenvalue weighted by Crippen LogP contribution is 2.28. The molecule has 0 unspecified atom stereocenters. The van der Waals surface area contributed by atoms with Crippen molar-refractivity contribution < 1.29 is 23.8 Å². The number of fused-ring (bicyclic) bond motifs is 1. The minimum atomic E-state index is -0.992. The molecule has 188 valence electrons. The second kappa shape index (κ2) is 11.7. The number of oxazole rings is 1. The van der Waals surface area contributed by atoms with Crippen molar-refractivity contribution in [3.63, 3.8) is 0 Å². The monoisotopic (exact) mass is 488 g/mol. The number of allylic oxidation sites excluding steroid dienone is 1. The summed E-state index contributed by atoms with van der Waals surface area (Å²) in [5, 5.41) is 9.71. The smallest absolute Gasteiger partial charge is 0.326 e. The maximum Gasteiger partial charge on any atom is 0.326 e. The van der Waals surface area contributed by atoms with E-state index in [2.05, 4.69) is 11.9 Å². The minimum absolute atomic E-state index is 0.239. The Morgan fingerprint density at radius 1 is 1.19 bits per heavy atom. The second-order valence-electron chi connectivity index (χ2n) is 8.99. The lowest BCUT2D eigenvalue weighted by molar-refractivity contribution is -0.149. The van der Waals surface area contributed by atoms with Crippen molar-refractivity contribution in [2.45, 2.75) is 58.5 Å². The number of ether oxygens (including phenoxy) is 1. The van der Waals surface area contributed by atoms with Gasteiger partial charge in [0.1, 0.15) is 17.6 Å².